The van der Waals surface area contributed by atoms with Crippen molar-refractivity contribution in [1.82, 2.24) is 5.32 Å². The number of amides is 2. The molecule has 0 unspecified atom stereocenters. The van der Waals surface area contributed by atoms with E-state index < -0.39 is 5.91 Å². The lowest BCUT2D eigenvalue weighted by Gasteiger charge is -2.23. The maximum absolute atomic E-state index is 11.6. The fourth-order valence-electron chi connectivity index (χ4n) is 1.67. The van der Waals surface area contributed by atoms with Gasteiger partial charge >= 0.3 is 0 Å². The minimum absolute atomic E-state index is 0.0608. The molecule has 0 aliphatic heterocycles. The molecule has 4 heteroatoms. The largest absolute Gasteiger partial charge is 0.368 e. The molecule has 0 heterocycles. The van der Waals surface area contributed by atoms with Crippen LogP contribution in [-0.4, -0.2) is 18.4 Å². The van der Waals surface area contributed by atoms with E-state index in [1.807, 2.05) is 27.7 Å². The summed E-state index contributed by atoms with van der Waals surface area (Å²) < 4.78 is 0. The van der Waals surface area contributed by atoms with Crippen LogP contribution in [0.1, 0.15) is 27.7 Å². The first-order chi connectivity index (χ1) is 6.36. The molecule has 0 aromatic rings. The summed E-state index contributed by atoms with van der Waals surface area (Å²) in [7, 11) is 0. The van der Waals surface area contributed by atoms with Gasteiger partial charge in [-0.25, -0.2) is 0 Å². The number of hydrogen-bond donors (Lipinski definition) is 2. The van der Waals surface area contributed by atoms with Crippen molar-refractivity contribution in [3.63, 3.8) is 0 Å². The quantitative estimate of drug-likeness (QED) is 0.679. The lowest BCUT2D eigenvalue weighted by molar-refractivity contribution is -0.130. The molecule has 0 rings (SSSR count). The van der Waals surface area contributed by atoms with Gasteiger partial charge in [-0.15, -0.1) is 0 Å². The summed E-state index contributed by atoms with van der Waals surface area (Å²) in [4.78, 5) is 22.1. The Morgan fingerprint density at radius 2 is 1.57 bits per heavy atom. The normalized spacial score (nSPS) is 11.1. The van der Waals surface area contributed by atoms with Gasteiger partial charge in [0, 0.05) is 5.92 Å². The van der Waals surface area contributed by atoms with Gasteiger partial charge in [0.05, 0.1) is 6.54 Å². The first kappa shape index (κ1) is 12.9. The van der Waals surface area contributed by atoms with Crippen molar-refractivity contribution in [3.8, 4) is 0 Å². The predicted octanol–water partition coefficient (Wildman–Crippen LogP) is 0.516. The average molecular weight is 200 g/mol. The standard InChI is InChI=1S/C10H20N2O2/c1-6(2)9(7(3)4)10(14)12-5-8(11)13/h6-7,9H,5H2,1-4H3,(H2,11,13)(H,12,14). The van der Waals surface area contributed by atoms with Crippen molar-refractivity contribution in [2.75, 3.05) is 6.54 Å². The molecule has 4 nitrogen and oxygen atoms in total. The van der Waals surface area contributed by atoms with Crippen molar-refractivity contribution in [1.29, 1.82) is 0 Å². The van der Waals surface area contributed by atoms with Crippen LogP contribution in [0.3, 0.4) is 0 Å². The maximum Gasteiger partial charge on any atom is 0.236 e. The van der Waals surface area contributed by atoms with Crippen molar-refractivity contribution < 1.29 is 9.59 Å². The summed E-state index contributed by atoms with van der Waals surface area (Å²) in [6.07, 6.45) is 0. The van der Waals surface area contributed by atoms with Crippen molar-refractivity contribution in [3.05, 3.63) is 0 Å². The van der Waals surface area contributed by atoms with Gasteiger partial charge < -0.3 is 11.1 Å². The third kappa shape index (κ3) is 4.25. The van der Waals surface area contributed by atoms with Crippen LogP contribution in [0.5, 0.6) is 0 Å². The molecule has 0 aliphatic carbocycles. The van der Waals surface area contributed by atoms with E-state index in [9.17, 15) is 9.59 Å². The Labute approximate surface area is 85.2 Å². The molecule has 3 N–H and O–H groups in total. The molecule has 14 heavy (non-hydrogen) atoms. The van der Waals surface area contributed by atoms with E-state index in [1.165, 1.54) is 0 Å². The van der Waals surface area contributed by atoms with Gasteiger partial charge in [-0.1, -0.05) is 27.7 Å². The monoisotopic (exact) mass is 200 g/mol. The lowest BCUT2D eigenvalue weighted by atomic mass is 9.85. The van der Waals surface area contributed by atoms with Crippen LogP contribution in [-0.2, 0) is 9.59 Å². The zero-order valence-electron chi connectivity index (χ0n) is 9.33. The third-order valence-electron chi connectivity index (χ3n) is 2.18. The Hall–Kier alpha value is -1.06. The Balaban J connectivity index is 4.23. The zero-order chi connectivity index (χ0) is 11.3. The Morgan fingerprint density at radius 1 is 1.14 bits per heavy atom. The zero-order valence-corrected chi connectivity index (χ0v) is 9.33. The van der Waals surface area contributed by atoms with Gasteiger partial charge in [-0.2, -0.15) is 0 Å². The molecular formula is C10H20N2O2. The number of hydrogen-bond acceptors (Lipinski definition) is 2. The number of rotatable bonds is 5. The van der Waals surface area contributed by atoms with E-state index in [4.69, 9.17) is 5.73 Å². The van der Waals surface area contributed by atoms with Gasteiger partial charge in [0.15, 0.2) is 0 Å². The molecule has 0 saturated carbocycles. The number of nitrogens with two attached hydrogens (primary N) is 1. The molecule has 2 amide bonds. The molecule has 0 aliphatic rings. The Morgan fingerprint density at radius 3 is 1.86 bits per heavy atom. The molecule has 0 atom stereocenters. The smallest absolute Gasteiger partial charge is 0.236 e. The minimum Gasteiger partial charge on any atom is -0.368 e. The van der Waals surface area contributed by atoms with Crippen LogP contribution in [0.2, 0.25) is 0 Å². The Kier molecular flexibility index (Phi) is 5.20. The number of carbonyl (C=O) groups excluding carboxylic acids is 2. The van der Waals surface area contributed by atoms with E-state index in [-0.39, 0.29) is 30.2 Å². The van der Waals surface area contributed by atoms with Crippen LogP contribution in [0.4, 0.5) is 0 Å². The van der Waals surface area contributed by atoms with Crippen LogP contribution in [0.15, 0.2) is 0 Å². The highest BCUT2D eigenvalue weighted by molar-refractivity contribution is 5.85. The highest BCUT2D eigenvalue weighted by Gasteiger charge is 2.25. The molecule has 82 valence electrons. The summed E-state index contributed by atoms with van der Waals surface area (Å²) in [5.41, 5.74) is 4.94. The second kappa shape index (κ2) is 5.62. The molecular weight excluding hydrogens is 180 g/mol. The summed E-state index contributed by atoms with van der Waals surface area (Å²) in [5.74, 6) is -0.126. The SMILES string of the molecule is CC(C)C(C(=O)NCC(N)=O)C(C)C. The van der Waals surface area contributed by atoms with Crippen molar-refractivity contribution in [2.24, 2.45) is 23.5 Å². The minimum atomic E-state index is -0.510. The summed E-state index contributed by atoms with van der Waals surface area (Å²) in [6, 6.07) is 0. The van der Waals surface area contributed by atoms with Crippen molar-refractivity contribution in [2.45, 2.75) is 27.7 Å². The first-order valence-electron chi connectivity index (χ1n) is 4.92. The third-order valence-corrected chi connectivity index (χ3v) is 2.18. The fraction of sp³-hybridized carbons (Fsp3) is 0.800. The number of nitrogens with one attached hydrogen (secondary N) is 1. The average Bonchev–Trinajstić information content (AvgIpc) is 1.99. The predicted molar refractivity (Wildman–Crippen MR) is 55.4 cm³/mol. The molecule has 0 bridgehead atoms. The van der Waals surface area contributed by atoms with Crippen LogP contribution >= 0.6 is 0 Å². The van der Waals surface area contributed by atoms with Gasteiger partial charge in [0.25, 0.3) is 0 Å². The van der Waals surface area contributed by atoms with Gasteiger partial charge in [0.2, 0.25) is 11.8 Å². The van der Waals surface area contributed by atoms with E-state index in [0.717, 1.165) is 0 Å². The summed E-state index contributed by atoms with van der Waals surface area (Å²) >= 11 is 0. The number of carbonyl (C=O) groups is 2. The maximum atomic E-state index is 11.6. The first-order valence-corrected chi connectivity index (χ1v) is 4.92. The van der Waals surface area contributed by atoms with Crippen LogP contribution in [0.25, 0.3) is 0 Å². The topological polar surface area (TPSA) is 72.2 Å². The molecule has 0 spiro atoms. The lowest BCUT2D eigenvalue weighted by Crippen LogP contribution is -2.40. The summed E-state index contributed by atoms with van der Waals surface area (Å²) in [6.45, 7) is 7.90. The second-order valence-corrected chi connectivity index (χ2v) is 4.20. The van der Waals surface area contributed by atoms with Gasteiger partial charge in [0.1, 0.15) is 0 Å². The molecule has 0 aromatic heterocycles. The molecule has 0 fully saturated rings. The number of primary amides is 1. The van der Waals surface area contributed by atoms with E-state index in [0.29, 0.717) is 0 Å². The molecule has 0 radical (unpaired) electrons. The summed E-state index contributed by atoms with van der Waals surface area (Å²) in [5, 5.41) is 2.53. The van der Waals surface area contributed by atoms with Gasteiger partial charge in [-0.3, -0.25) is 9.59 Å². The highest BCUT2D eigenvalue weighted by Crippen LogP contribution is 2.20. The van der Waals surface area contributed by atoms with Crippen LogP contribution in [0, 0.1) is 17.8 Å². The fourth-order valence-corrected chi connectivity index (χ4v) is 1.67. The van der Waals surface area contributed by atoms with Gasteiger partial charge in [-0.05, 0) is 11.8 Å². The van der Waals surface area contributed by atoms with E-state index in [1.54, 1.807) is 0 Å². The Bertz CT molecular complexity index is 204. The molecule has 0 aromatic carbocycles. The van der Waals surface area contributed by atoms with Crippen LogP contribution < -0.4 is 11.1 Å². The van der Waals surface area contributed by atoms with E-state index in [2.05, 4.69) is 5.32 Å². The van der Waals surface area contributed by atoms with Crippen molar-refractivity contribution >= 4 is 11.8 Å². The molecule has 0 saturated heterocycles. The highest BCUT2D eigenvalue weighted by atomic mass is 16.2. The second-order valence-electron chi connectivity index (χ2n) is 4.20. The van der Waals surface area contributed by atoms with E-state index >= 15 is 0 Å².